The zero-order valence-corrected chi connectivity index (χ0v) is 34.1. The molecule has 0 bridgehead atoms. The van der Waals surface area contributed by atoms with E-state index in [4.69, 9.17) is 20.4 Å². The summed E-state index contributed by atoms with van der Waals surface area (Å²) in [6, 6.07) is 68.4. The standard InChI is InChI=1S/C42H42P4.2ClH.Ni/c1-7-19-37(20-8-1)43(33-35-45(39-23-11-3-12-24-39)40-25-13-4-14-26-40)31-32-44(38-21-9-2-10-22-38)34-36-46(41-27-15-5-16-28-41)42-29-17-6-18-30-42;;;/h1-30H,31-36H2;2*1H;/q;;;+2/p+2. The molecule has 0 amide bonds. The van der Waals surface area contributed by atoms with E-state index in [0.717, 1.165) is 0 Å². The molecule has 0 saturated heterocycles. The van der Waals surface area contributed by atoms with Crippen molar-refractivity contribution in [2.45, 2.75) is 0 Å². The minimum Gasteiger partial charge on any atom is -0.0620 e. The Hall–Kier alpha value is -1.89. The molecule has 0 aliphatic carbocycles. The molecular weight excluding hydrogens is 758 g/mol. The molecule has 0 aliphatic rings. The van der Waals surface area contributed by atoms with Gasteiger partial charge in [0.25, 0.3) is 0 Å². The fraction of sp³-hybridized carbons (Fsp3) is 0.143. The molecule has 0 N–H and O–H groups in total. The molecule has 0 aromatic heterocycles. The molecule has 6 rings (SSSR count). The van der Waals surface area contributed by atoms with E-state index in [1.165, 1.54) is 37.0 Å². The van der Waals surface area contributed by atoms with Gasteiger partial charge in [-0.2, -0.15) is 0 Å². The molecule has 2 atom stereocenters. The van der Waals surface area contributed by atoms with E-state index in [1.54, 1.807) is 31.8 Å². The van der Waals surface area contributed by atoms with Crippen LogP contribution in [0.4, 0.5) is 0 Å². The van der Waals surface area contributed by atoms with Crippen LogP contribution in [0.3, 0.4) is 0 Å². The Morgan fingerprint density at radius 3 is 0.694 bits per heavy atom. The topological polar surface area (TPSA) is 0 Å². The normalized spacial score (nSPS) is 12.3. The van der Waals surface area contributed by atoms with Crippen molar-refractivity contribution in [3.05, 3.63) is 182 Å². The van der Waals surface area contributed by atoms with E-state index in [2.05, 4.69) is 182 Å². The molecule has 6 aromatic carbocycles. The van der Waals surface area contributed by atoms with Gasteiger partial charge < -0.3 is 0 Å². The Kier molecular flexibility index (Phi) is 17.3. The zero-order valence-electron chi connectivity index (χ0n) is 27.6. The number of rotatable bonds is 15. The summed E-state index contributed by atoms with van der Waals surface area (Å²) in [4.78, 5) is 0. The fourth-order valence-electron chi connectivity index (χ4n) is 6.50. The van der Waals surface area contributed by atoms with Gasteiger partial charge in [-0.1, -0.05) is 109 Å². The van der Waals surface area contributed by atoms with Gasteiger partial charge in [0.2, 0.25) is 0 Å². The van der Waals surface area contributed by atoms with Crippen LogP contribution in [0.5, 0.6) is 0 Å². The first-order valence-electron chi connectivity index (χ1n) is 16.8. The maximum atomic E-state index is 4.70. The van der Waals surface area contributed by atoms with E-state index in [1.807, 2.05) is 0 Å². The van der Waals surface area contributed by atoms with Crippen LogP contribution in [-0.2, 0) is 12.7 Å². The van der Waals surface area contributed by atoms with Crippen LogP contribution in [-0.4, -0.2) is 37.0 Å². The second-order valence-corrected chi connectivity index (χ2v) is 24.3. The Morgan fingerprint density at radius 1 is 0.286 bits per heavy atom. The quantitative estimate of drug-likeness (QED) is 0.0718. The van der Waals surface area contributed by atoms with Crippen LogP contribution >= 0.6 is 52.1 Å². The van der Waals surface area contributed by atoms with E-state index < -0.39 is 31.7 Å². The molecular formula is C42H46Cl2NiP4+4. The predicted octanol–water partition coefficient (Wildman–Crippen LogP) is 9.17. The summed E-state index contributed by atoms with van der Waals surface area (Å²) in [6.45, 7) is 0. The molecule has 2 unspecified atom stereocenters. The van der Waals surface area contributed by atoms with Crippen LogP contribution in [0.15, 0.2) is 182 Å². The first-order valence-corrected chi connectivity index (χ1v) is 26.8. The van der Waals surface area contributed by atoms with Gasteiger partial charge in [-0.3, -0.25) is 0 Å². The Morgan fingerprint density at radius 2 is 0.469 bits per heavy atom. The molecule has 254 valence electrons. The summed E-state index contributed by atoms with van der Waals surface area (Å²) in [5.41, 5.74) is 0. The third kappa shape index (κ3) is 12.4. The molecule has 0 spiro atoms. The van der Waals surface area contributed by atoms with Crippen molar-refractivity contribution in [2.75, 3.05) is 37.0 Å². The van der Waals surface area contributed by atoms with Gasteiger partial charge in [0.1, 0.15) is 12.3 Å². The van der Waals surface area contributed by atoms with Gasteiger partial charge in [0, 0.05) is 15.8 Å². The molecule has 6 aromatic rings. The van der Waals surface area contributed by atoms with Crippen LogP contribution < -0.4 is 31.8 Å². The maximum absolute atomic E-state index is 4.70. The van der Waals surface area contributed by atoms with Crippen molar-refractivity contribution in [1.82, 2.24) is 0 Å². The van der Waals surface area contributed by atoms with E-state index in [-0.39, 0.29) is 0 Å². The number of halogens is 2. The van der Waals surface area contributed by atoms with Gasteiger partial charge in [0.15, 0.2) is 0 Å². The molecule has 0 aliphatic heterocycles. The smallest absolute Gasteiger partial charge is 0.0620 e. The van der Waals surface area contributed by atoms with Gasteiger partial charge in [0.05, 0.1) is 72.3 Å². The summed E-state index contributed by atoms with van der Waals surface area (Å²) in [7, 11) is 6.30. The minimum absolute atomic E-state index is 0.569. The van der Waals surface area contributed by atoms with Crippen LogP contribution in [0.1, 0.15) is 0 Å². The van der Waals surface area contributed by atoms with Crippen molar-refractivity contribution in [3.8, 4) is 0 Å². The summed E-state index contributed by atoms with van der Waals surface area (Å²) in [5.74, 6) is 0. The van der Waals surface area contributed by atoms with Crippen LogP contribution in [0.25, 0.3) is 0 Å². The van der Waals surface area contributed by atoms with Crippen molar-refractivity contribution in [1.29, 1.82) is 0 Å². The van der Waals surface area contributed by atoms with Crippen molar-refractivity contribution in [3.63, 3.8) is 0 Å². The summed E-state index contributed by atoms with van der Waals surface area (Å²) in [6.07, 6.45) is 7.97. The average molecular weight is 804 g/mol. The maximum Gasteiger partial charge on any atom is 0.100 e. The Labute approximate surface area is 313 Å². The number of benzene rings is 6. The molecule has 0 radical (unpaired) electrons. The SMILES string of the molecule is [Cl][Ni][Cl].c1ccc([PH+](CC[PH+](CC[PH+](c2ccccc2)c2ccccc2)c2ccccc2)CC[PH+](c2ccccc2)c2ccccc2)cc1. The molecule has 0 nitrogen and oxygen atoms in total. The van der Waals surface area contributed by atoms with E-state index in [0.29, 0.717) is 12.7 Å². The van der Waals surface area contributed by atoms with Crippen molar-refractivity contribution < 1.29 is 12.7 Å². The zero-order chi connectivity index (χ0) is 33.9. The molecule has 0 saturated carbocycles. The largest absolute Gasteiger partial charge is 0.100 e. The first kappa shape index (κ1) is 38.3. The summed E-state index contributed by atoms with van der Waals surface area (Å²) in [5, 5.41) is 9.39. The Balaban J connectivity index is 0.00000151. The average Bonchev–Trinajstić information content (AvgIpc) is 3.18. The number of hydrogen-bond acceptors (Lipinski definition) is 0. The molecule has 7 heteroatoms. The van der Waals surface area contributed by atoms with Crippen molar-refractivity contribution in [2.24, 2.45) is 0 Å². The van der Waals surface area contributed by atoms with Crippen LogP contribution in [0, 0.1) is 0 Å². The molecule has 49 heavy (non-hydrogen) atoms. The summed E-state index contributed by atoms with van der Waals surface area (Å²) < 4.78 is 0. The van der Waals surface area contributed by atoms with Crippen molar-refractivity contribution >= 4 is 83.9 Å². The van der Waals surface area contributed by atoms with Crippen LogP contribution in [0.2, 0.25) is 0 Å². The van der Waals surface area contributed by atoms with Gasteiger partial charge in [-0.25, -0.2) is 0 Å². The molecule has 0 heterocycles. The predicted molar refractivity (Wildman–Crippen MR) is 231 cm³/mol. The fourth-order valence-corrected chi connectivity index (χ4v) is 20.5. The Bertz CT molecular complexity index is 1510. The second kappa shape index (κ2) is 22.1. The monoisotopic (exact) mass is 802 g/mol. The summed E-state index contributed by atoms with van der Waals surface area (Å²) >= 11 is 0.569. The third-order valence-electron chi connectivity index (χ3n) is 8.94. The van der Waals surface area contributed by atoms with Gasteiger partial charge >= 0.3 is 33.0 Å². The third-order valence-corrected chi connectivity index (χ3v) is 21.8. The minimum atomic E-state index is -0.835. The van der Waals surface area contributed by atoms with E-state index >= 15 is 0 Å². The molecule has 0 fully saturated rings. The number of hydrogen-bond donors (Lipinski definition) is 0. The van der Waals surface area contributed by atoms with E-state index in [9.17, 15) is 0 Å². The first-order chi connectivity index (χ1) is 24.3. The van der Waals surface area contributed by atoms with Gasteiger partial charge in [-0.05, 0) is 72.8 Å². The second-order valence-electron chi connectivity index (χ2n) is 11.9. The van der Waals surface area contributed by atoms with Gasteiger partial charge in [-0.15, -0.1) is 0 Å².